The van der Waals surface area contributed by atoms with Gasteiger partial charge in [0, 0.05) is 31.8 Å². The first-order chi connectivity index (χ1) is 14.8. The van der Waals surface area contributed by atoms with Crippen LogP contribution in [0.25, 0.3) is 0 Å². The fourth-order valence-corrected chi connectivity index (χ4v) is 3.80. The number of nitrogens with zero attached hydrogens (tertiary/aromatic N) is 2. The molecule has 10 heteroatoms. The second-order valence-electron chi connectivity index (χ2n) is 7.58. The van der Waals surface area contributed by atoms with Crippen LogP contribution in [-0.4, -0.2) is 52.3 Å². The summed E-state index contributed by atoms with van der Waals surface area (Å²) in [6.07, 6.45) is 2.53. The van der Waals surface area contributed by atoms with Crippen molar-refractivity contribution in [2.24, 2.45) is 0 Å². The number of aromatic nitrogens is 1. The van der Waals surface area contributed by atoms with Crippen molar-refractivity contribution in [1.82, 2.24) is 9.58 Å². The van der Waals surface area contributed by atoms with Gasteiger partial charge < -0.3 is 20.2 Å². The van der Waals surface area contributed by atoms with Gasteiger partial charge in [-0.3, -0.25) is 19.1 Å². The number of carbonyl (C=O) groups is 2. The molecule has 1 atom stereocenters. The third-order valence-corrected chi connectivity index (χ3v) is 5.49. The number of halogens is 2. The second-order valence-corrected chi connectivity index (χ2v) is 7.58. The Kier molecular flexibility index (Phi) is 5.73. The van der Waals surface area contributed by atoms with Gasteiger partial charge in [-0.25, -0.2) is 8.78 Å². The van der Waals surface area contributed by atoms with Crippen LogP contribution < -0.4 is 10.9 Å². The SMILES string of the molecule is O=C(CCc1ccc(F)cc1F)c1cn2c(c(O)c1=O)C(=O)N(C[C@@H]1CCCO1)CN2. The van der Waals surface area contributed by atoms with Crippen LogP contribution in [0.5, 0.6) is 5.75 Å². The molecule has 2 aromatic rings. The van der Waals surface area contributed by atoms with Gasteiger partial charge >= 0.3 is 0 Å². The predicted octanol–water partition coefficient (Wildman–Crippen LogP) is 1.78. The maximum Gasteiger partial charge on any atom is 0.277 e. The van der Waals surface area contributed by atoms with Crippen molar-refractivity contribution in [2.75, 3.05) is 25.2 Å². The standard InChI is InChI=1S/C21H21F2N3O5/c22-13-5-3-12(16(23)8-13)4-6-17(27)15-10-26-18(20(29)19(15)28)21(30)25(11-24-26)9-14-2-1-7-31-14/h3,5,8,10,14,24,29H,1-2,4,6-7,9,11H2/t14-/m0/s1. The molecular formula is C21H21F2N3O5. The van der Waals surface area contributed by atoms with Gasteiger partial charge in [0.15, 0.2) is 17.2 Å². The van der Waals surface area contributed by atoms with E-state index in [1.807, 2.05) is 0 Å². The van der Waals surface area contributed by atoms with Crippen molar-refractivity contribution in [3.63, 3.8) is 0 Å². The van der Waals surface area contributed by atoms with E-state index in [-0.39, 0.29) is 42.4 Å². The van der Waals surface area contributed by atoms with Crippen LogP contribution >= 0.6 is 0 Å². The lowest BCUT2D eigenvalue weighted by atomic mass is 10.0. The lowest BCUT2D eigenvalue weighted by Crippen LogP contribution is -2.49. The van der Waals surface area contributed by atoms with E-state index in [1.165, 1.54) is 17.2 Å². The molecule has 1 amide bonds. The van der Waals surface area contributed by atoms with Crippen LogP contribution in [0.1, 0.15) is 45.7 Å². The fraction of sp³-hybridized carbons (Fsp3) is 0.381. The number of amides is 1. The molecule has 0 radical (unpaired) electrons. The van der Waals surface area contributed by atoms with Crippen LogP contribution in [0.3, 0.4) is 0 Å². The highest BCUT2D eigenvalue weighted by Gasteiger charge is 2.32. The van der Waals surface area contributed by atoms with Gasteiger partial charge in [-0.1, -0.05) is 6.07 Å². The molecule has 2 aliphatic heterocycles. The number of rotatable bonds is 6. The zero-order valence-electron chi connectivity index (χ0n) is 16.6. The number of benzene rings is 1. The number of nitrogens with one attached hydrogen (secondary N) is 1. The molecule has 0 spiro atoms. The van der Waals surface area contributed by atoms with Crippen molar-refractivity contribution < 1.29 is 28.2 Å². The van der Waals surface area contributed by atoms with E-state index in [1.54, 1.807) is 0 Å². The van der Waals surface area contributed by atoms with E-state index >= 15 is 0 Å². The Labute approximate surface area is 176 Å². The molecule has 3 heterocycles. The highest BCUT2D eigenvalue weighted by atomic mass is 19.1. The minimum Gasteiger partial charge on any atom is -0.502 e. The van der Waals surface area contributed by atoms with Crippen molar-refractivity contribution >= 4 is 11.7 Å². The molecule has 164 valence electrons. The lowest BCUT2D eigenvalue weighted by Gasteiger charge is -2.32. The van der Waals surface area contributed by atoms with E-state index < -0.39 is 34.5 Å². The molecule has 2 aliphatic rings. The first-order valence-corrected chi connectivity index (χ1v) is 9.95. The van der Waals surface area contributed by atoms with Crippen LogP contribution in [-0.2, 0) is 11.2 Å². The first kappa shape index (κ1) is 21.0. The number of pyridine rings is 1. The average molecular weight is 433 g/mol. The largest absolute Gasteiger partial charge is 0.502 e. The van der Waals surface area contributed by atoms with E-state index in [9.17, 15) is 28.3 Å². The number of fused-ring (bicyclic) bond motifs is 1. The Balaban J connectivity index is 1.53. The van der Waals surface area contributed by atoms with Gasteiger partial charge in [0.05, 0.1) is 11.7 Å². The number of ether oxygens (including phenoxy) is 1. The third kappa shape index (κ3) is 4.15. The lowest BCUT2D eigenvalue weighted by molar-refractivity contribution is 0.0499. The summed E-state index contributed by atoms with van der Waals surface area (Å²) in [7, 11) is 0. The molecule has 0 bridgehead atoms. The molecule has 8 nitrogen and oxygen atoms in total. The Bertz CT molecular complexity index is 1100. The summed E-state index contributed by atoms with van der Waals surface area (Å²) in [5, 5.41) is 10.4. The molecule has 2 N–H and O–H groups in total. The summed E-state index contributed by atoms with van der Waals surface area (Å²) >= 11 is 0. The topological polar surface area (TPSA) is 101 Å². The Hall–Kier alpha value is -3.27. The van der Waals surface area contributed by atoms with E-state index in [2.05, 4.69) is 5.43 Å². The summed E-state index contributed by atoms with van der Waals surface area (Å²) in [5.74, 6) is -3.51. The van der Waals surface area contributed by atoms with Gasteiger partial charge in [0.1, 0.15) is 18.3 Å². The molecule has 1 aromatic carbocycles. The number of aryl methyl sites for hydroxylation is 1. The van der Waals surface area contributed by atoms with Crippen LogP contribution in [0, 0.1) is 11.6 Å². The molecule has 1 fully saturated rings. The highest BCUT2D eigenvalue weighted by molar-refractivity contribution is 6.00. The molecule has 4 rings (SSSR count). The molecule has 0 unspecified atom stereocenters. The average Bonchev–Trinajstić information content (AvgIpc) is 3.25. The van der Waals surface area contributed by atoms with Crippen molar-refractivity contribution in [3.05, 3.63) is 63.1 Å². The third-order valence-electron chi connectivity index (χ3n) is 5.49. The first-order valence-electron chi connectivity index (χ1n) is 9.95. The normalized spacial score (nSPS) is 18.1. The number of ketones is 1. The van der Waals surface area contributed by atoms with Crippen molar-refractivity contribution in [3.8, 4) is 5.75 Å². The van der Waals surface area contributed by atoms with Crippen molar-refractivity contribution in [2.45, 2.75) is 31.8 Å². The minimum atomic E-state index is -0.968. The van der Waals surface area contributed by atoms with Crippen LogP contribution in [0.4, 0.5) is 8.78 Å². The Morgan fingerprint density at radius 3 is 2.81 bits per heavy atom. The number of aromatic hydroxyl groups is 1. The van der Waals surface area contributed by atoms with E-state index in [0.29, 0.717) is 13.2 Å². The zero-order chi connectivity index (χ0) is 22.1. The Morgan fingerprint density at radius 2 is 2.10 bits per heavy atom. The quantitative estimate of drug-likeness (QED) is 0.674. The maximum absolute atomic E-state index is 13.8. The molecule has 0 aliphatic carbocycles. The molecule has 1 saturated heterocycles. The number of hydrogen-bond acceptors (Lipinski definition) is 6. The number of Topliss-reactive ketones (excluding diaryl/α,β-unsaturated/α-hetero) is 1. The highest BCUT2D eigenvalue weighted by Crippen LogP contribution is 2.22. The fourth-order valence-electron chi connectivity index (χ4n) is 3.80. The zero-order valence-corrected chi connectivity index (χ0v) is 16.6. The summed E-state index contributed by atoms with van der Waals surface area (Å²) in [6, 6.07) is 3.04. The van der Waals surface area contributed by atoms with E-state index in [0.717, 1.165) is 29.7 Å². The smallest absolute Gasteiger partial charge is 0.277 e. The summed E-state index contributed by atoms with van der Waals surface area (Å²) < 4.78 is 33.5. The Morgan fingerprint density at radius 1 is 1.29 bits per heavy atom. The summed E-state index contributed by atoms with van der Waals surface area (Å²) in [4.78, 5) is 39.4. The molecule has 0 saturated carbocycles. The maximum atomic E-state index is 13.8. The predicted molar refractivity (Wildman–Crippen MR) is 106 cm³/mol. The number of hydrogen-bond donors (Lipinski definition) is 2. The second kappa shape index (κ2) is 8.46. The van der Waals surface area contributed by atoms with E-state index in [4.69, 9.17) is 4.74 Å². The van der Waals surface area contributed by atoms with Gasteiger partial charge in [0.2, 0.25) is 5.43 Å². The molecule has 1 aromatic heterocycles. The summed E-state index contributed by atoms with van der Waals surface area (Å²) in [5.41, 5.74) is 1.47. The van der Waals surface area contributed by atoms with Gasteiger partial charge in [-0.05, 0) is 30.9 Å². The van der Waals surface area contributed by atoms with Gasteiger partial charge in [0.25, 0.3) is 5.91 Å². The monoisotopic (exact) mass is 433 g/mol. The molecular weight excluding hydrogens is 412 g/mol. The van der Waals surface area contributed by atoms with Gasteiger partial charge in [-0.15, -0.1) is 0 Å². The minimum absolute atomic E-state index is 0.0472. The number of carbonyl (C=O) groups excluding carboxylic acids is 2. The molecule has 31 heavy (non-hydrogen) atoms. The van der Waals surface area contributed by atoms with Crippen LogP contribution in [0.2, 0.25) is 0 Å². The van der Waals surface area contributed by atoms with Gasteiger partial charge in [-0.2, -0.15) is 0 Å². The van der Waals surface area contributed by atoms with Crippen LogP contribution in [0.15, 0.2) is 29.2 Å². The van der Waals surface area contributed by atoms with Crippen molar-refractivity contribution in [1.29, 1.82) is 0 Å². The summed E-state index contributed by atoms with van der Waals surface area (Å²) in [6.45, 7) is 1.07.